The molecule has 2 heterocycles. The van der Waals surface area contributed by atoms with E-state index in [9.17, 15) is 4.79 Å². The quantitative estimate of drug-likeness (QED) is 0.880. The summed E-state index contributed by atoms with van der Waals surface area (Å²) in [5.41, 5.74) is 3.09. The summed E-state index contributed by atoms with van der Waals surface area (Å²) in [5.74, 6) is 1.21. The molecule has 3 rings (SSSR count). The average Bonchev–Trinajstić information content (AvgIpc) is 2.59. The van der Waals surface area contributed by atoms with Gasteiger partial charge in [-0.05, 0) is 24.6 Å². The molecule has 0 saturated heterocycles. The molecule has 0 radical (unpaired) electrons. The van der Waals surface area contributed by atoms with Crippen LogP contribution >= 0.6 is 23.4 Å². The van der Waals surface area contributed by atoms with E-state index in [0.29, 0.717) is 10.8 Å². The number of amides is 1. The zero-order valence-electron chi connectivity index (χ0n) is 11.2. The third kappa shape index (κ3) is 2.31. The fourth-order valence-electron chi connectivity index (χ4n) is 2.48. The van der Waals surface area contributed by atoms with Gasteiger partial charge in [-0.2, -0.15) is 5.10 Å². The lowest BCUT2D eigenvalue weighted by Crippen LogP contribution is -2.15. The summed E-state index contributed by atoms with van der Waals surface area (Å²) in [7, 11) is 1.84. The first-order valence-electron chi connectivity index (χ1n) is 6.26. The molecule has 0 fully saturated rings. The number of rotatable bonds is 1. The van der Waals surface area contributed by atoms with Crippen molar-refractivity contribution in [2.45, 2.75) is 12.2 Å². The number of hydrogen-bond donors (Lipinski definition) is 1. The van der Waals surface area contributed by atoms with Crippen molar-refractivity contribution in [3.05, 3.63) is 46.1 Å². The summed E-state index contributed by atoms with van der Waals surface area (Å²) in [4.78, 5) is 11.9. The predicted molar refractivity (Wildman–Crippen MR) is 82.3 cm³/mol. The number of halogens is 1. The van der Waals surface area contributed by atoms with Crippen LogP contribution in [-0.4, -0.2) is 21.4 Å². The van der Waals surface area contributed by atoms with Crippen LogP contribution in [0.15, 0.2) is 24.3 Å². The van der Waals surface area contributed by atoms with Gasteiger partial charge in [-0.1, -0.05) is 23.7 Å². The van der Waals surface area contributed by atoms with Crippen LogP contribution < -0.4 is 5.32 Å². The molecule has 104 valence electrons. The molecular formula is C14H14ClN3OS. The molecular weight excluding hydrogens is 294 g/mol. The van der Waals surface area contributed by atoms with Gasteiger partial charge in [0.15, 0.2) is 0 Å². The predicted octanol–water partition coefficient (Wildman–Crippen LogP) is 3.16. The van der Waals surface area contributed by atoms with E-state index in [1.807, 2.05) is 38.2 Å². The molecule has 1 aliphatic rings. The highest BCUT2D eigenvalue weighted by atomic mass is 35.5. The highest BCUT2D eigenvalue weighted by Crippen LogP contribution is 2.43. The van der Waals surface area contributed by atoms with Gasteiger partial charge in [0.25, 0.3) is 0 Å². The first kappa shape index (κ1) is 13.5. The minimum Gasteiger partial charge on any atom is -0.310 e. The summed E-state index contributed by atoms with van der Waals surface area (Å²) in [6, 6.07) is 7.78. The lowest BCUT2D eigenvalue weighted by atomic mass is 10.0. The molecule has 0 bridgehead atoms. The Labute approximate surface area is 126 Å². The zero-order chi connectivity index (χ0) is 14.3. The van der Waals surface area contributed by atoms with E-state index >= 15 is 0 Å². The Balaban J connectivity index is 2.15. The Bertz CT molecular complexity index is 683. The van der Waals surface area contributed by atoms with Crippen molar-refractivity contribution in [2.75, 3.05) is 11.1 Å². The lowest BCUT2D eigenvalue weighted by molar-refractivity contribution is -0.113. The number of nitrogens with zero attached hydrogens (tertiary/aromatic N) is 2. The molecule has 1 aromatic carbocycles. The van der Waals surface area contributed by atoms with Gasteiger partial charge in [0.2, 0.25) is 5.91 Å². The molecule has 4 nitrogen and oxygen atoms in total. The number of nitrogens with one attached hydrogen (secondary N) is 1. The maximum absolute atomic E-state index is 11.9. The van der Waals surface area contributed by atoms with Crippen molar-refractivity contribution in [1.29, 1.82) is 0 Å². The van der Waals surface area contributed by atoms with Crippen molar-refractivity contribution >= 4 is 35.1 Å². The number of carbonyl (C=O) groups is 1. The third-order valence-electron chi connectivity index (χ3n) is 3.32. The van der Waals surface area contributed by atoms with Crippen LogP contribution in [-0.2, 0) is 11.8 Å². The second kappa shape index (κ2) is 5.14. The number of thioether (sulfide) groups is 1. The van der Waals surface area contributed by atoms with Gasteiger partial charge in [-0.25, -0.2) is 0 Å². The van der Waals surface area contributed by atoms with Crippen LogP contribution in [0.5, 0.6) is 0 Å². The molecule has 6 heteroatoms. The highest BCUT2D eigenvalue weighted by molar-refractivity contribution is 8.00. The lowest BCUT2D eigenvalue weighted by Gasteiger charge is -2.15. The second-order valence-corrected chi connectivity index (χ2v) is 6.30. The summed E-state index contributed by atoms with van der Waals surface area (Å²) >= 11 is 7.69. The Kier molecular flexibility index (Phi) is 3.48. The van der Waals surface area contributed by atoms with E-state index in [0.717, 1.165) is 22.6 Å². The monoisotopic (exact) mass is 307 g/mol. The molecule has 20 heavy (non-hydrogen) atoms. The smallest absolute Gasteiger partial charge is 0.235 e. The Morgan fingerprint density at radius 2 is 2.30 bits per heavy atom. The van der Waals surface area contributed by atoms with E-state index in [1.165, 1.54) is 0 Å². The van der Waals surface area contributed by atoms with Crippen molar-refractivity contribution in [1.82, 2.24) is 9.78 Å². The number of aryl methyl sites for hydroxylation is 2. The first-order valence-corrected chi connectivity index (χ1v) is 7.69. The molecule has 0 aliphatic carbocycles. The summed E-state index contributed by atoms with van der Waals surface area (Å²) < 4.78 is 1.73. The summed E-state index contributed by atoms with van der Waals surface area (Å²) in [5, 5.41) is 8.13. The van der Waals surface area contributed by atoms with Crippen molar-refractivity contribution in [3.63, 3.8) is 0 Å². The van der Waals surface area contributed by atoms with Crippen LogP contribution in [0, 0.1) is 6.92 Å². The van der Waals surface area contributed by atoms with Gasteiger partial charge in [0.1, 0.15) is 5.82 Å². The van der Waals surface area contributed by atoms with E-state index in [1.54, 1.807) is 16.4 Å². The average molecular weight is 308 g/mol. The van der Waals surface area contributed by atoms with Crippen LogP contribution in [0.25, 0.3) is 0 Å². The van der Waals surface area contributed by atoms with E-state index in [4.69, 9.17) is 11.6 Å². The van der Waals surface area contributed by atoms with Crippen molar-refractivity contribution in [2.24, 2.45) is 7.05 Å². The van der Waals surface area contributed by atoms with Crippen LogP contribution in [0.4, 0.5) is 5.82 Å². The molecule has 0 saturated carbocycles. The number of anilines is 1. The molecule has 0 unspecified atom stereocenters. The minimum atomic E-state index is 0.00350. The van der Waals surface area contributed by atoms with Crippen molar-refractivity contribution < 1.29 is 4.79 Å². The Morgan fingerprint density at radius 1 is 1.50 bits per heavy atom. The van der Waals surface area contributed by atoms with Gasteiger partial charge < -0.3 is 5.32 Å². The van der Waals surface area contributed by atoms with Gasteiger partial charge in [-0.3, -0.25) is 9.48 Å². The summed E-state index contributed by atoms with van der Waals surface area (Å²) in [6.45, 7) is 1.97. The fourth-order valence-corrected chi connectivity index (χ4v) is 3.86. The maximum atomic E-state index is 11.9. The molecule has 0 spiro atoms. The van der Waals surface area contributed by atoms with E-state index in [2.05, 4.69) is 10.4 Å². The second-order valence-electron chi connectivity index (χ2n) is 4.77. The summed E-state index contributed by atoms with van der Waals surface area (Å²) in [6.07, 6.45) is 0. The molecule has 2 aromatic rings. The fraction of sp³-hybridized carbons (Fsp3) is 0.286. The molecule has 1 atom stereocenters. The van der Waals surface area contributed by atoms with Crippen LogP contribution in [0.2, 0.25) is 5.02 Å². The number of benzene rings is 1. The Hall–Kier alpha value is -1.46. The van der Waals surface area contributed by atoms with Gasteiger partial charge in [-0.15, -0.1) is 11.8 Å². The number of fused-ring (bicyclic) bond motifs is 1. The molecule has 1 aromatic heterocycles. The number of hydrogen-bond acceptors (Lipinski definition) is 3. The standard InChI is InChI=1S/C14H14ClN3OS/c1-8-12-13(9-4-3-5-10(15)6-9)20-7-11(19)16-14(12)18(2)17-8/h3-6,13H,7H2,1-2H3,(H,16,19)/t13-/m1/s1. The number of carbonyl (C=O) groups excluding carboxylic acids is 1. The van der Waals surface area contributed by atoms with Crippen molar-refractivity contribution in [3.8, 4) is 0 Å². The molecule has 1 amide bonds. The van der Waals surface area contributed by atoms with E-state index in [-0.39, 0.29) is 11.2 Å². The third-order valence-corrected chi connectivity index (χ3v) is 4.83. The zero-order valence-corrected chi connectivity index (χ0v) is 12.8. The normalized spacial score (nSPS) is 18.4. The van der Waals surface area contributed by atoms with Gasteiger partial charge in [0, 0.05) is 17.6 Å². The van der Waals surface area contributed by atoms with E-state index < -0.39 is 0 Å². The first-order chi connectivity index (χ1) is 9.56. The van der Waals surface area contributed by atoms with Crippen LogP contribution in [0.1, 0.15) is 22.1 Å². The molecule has 1 aliphatic heterocycles. The highest BCUT2D eigenvalue weighted by Gasteiger charge is 2.29. The van der Waals surface area contributed by atoms with Crippen LogP contribution in [0.3, 0.4) is 0 Å². The maximum Gasteiger partial charge on any atom is 0.235 e. The Morgan fingerprint density at radius 3 is 3.05 bits per heavy atom. The SMILES string of the molecule is Cc1nn(C)c2c1[C@@H](c1cccc(Cl)c1)SCC(=O)N2. The topological polar surface area (TPSA) is 46.9 Å². The molecule has 1 N–H and O–H groups in total. The minimum absolute atomic E-state index is 0.00350. The number of aromatic nitrogens is 2. The van der Waals surface area contributed by atoms with Gasteiger partial charge in [0.05, 0.1) is 16.7 Å². The van der Waals surface area contributed by atoms with Gasteiger partial charge >= 0.3 is 0 Å². The largest absolute Gasteiger partial charge is 0.310 e.